The number of aromatic nitrogens is 2. The first-order chi connectivity index (χ1) is 12.0. The Labute approximate surface area is 151 Å². The van der Waals surface area contributed by atoms with E-state index in [-0.39, 0.29) is 22.4 Å². The zero-order valence-corrected chi connectivity index (χ0v) is 15.4. The average Bonchev–Trinajstić information content (AvgIpc) is 3.28. The van der Waals surface area contributed by atoms with Crippen molar-refractivity contribution in [1.82, 2.24) is 10.1 Å². The molecule has 0 radical (unpaired) electrons. The number of carbonyl (C=O) groups excluding carboxylic acids is 1. The fourth-order valence-electron chi connectivity index (χ4n) is 1.90. The molecule has 0 saturated heterocycles. The Morgan fingerprint density at radius 3 is 2.92 bits per heavy atom. The molecule has 3 heterocycles. The third kappa shape index (κ3) is 4.24. The van der Waals surface area contributed by atoms with Crippen LogP contribution in [0.4, 0.5) is 5.13 Å². The molecule has 1 N–H and O–H groups in total. The topological polar surface area (TPSA) is 111 Å². The lowest BCUT2D eigenvalue weighted by molar-refractivity contribution is -0.142. The molecule has 25 heavy (non-hydrogen) atoms. The van der Waals surface area contributed by atoms with Gasteiger partial charge in [-0.1, -0.05) is 5.16 Å². The molecule has 0 atom stereocenters. The van der Waals surface area contributed by atoms with Crippen molar-refractivity contribution >= 4 is 43.8 Å². The summed E-state index contributed by atoms with van der Waals surface area (Å²) in [4.78, 5) is 16.2. The maximum atomic E-state index is 12.4. The van der Waals surface area contributed by atoms with E-state index in [9.17, 15) is 13.2 Å². The van der Waals surface area contributed by atoms with Gasteiger partial charge in [0.2, 0.25) is 0 Å². The highest BCUT2D eigenvalue weighted by molar-refractivity contribution is 7.95. The molecule has 3 aromatic heterocycles. The summed E-state index contributed by atoms with van der Waals surface area (Å²) in [5, 5.41) is 5.58. The summed E-state index contributed by atoms with van der Waals surface area (Å²) in [5.41, 5.74) is 1.02. The fraction of sp³-hybridized carbons (Fsp3) is 0.214. The van der Waals surface area contributed by atoms with Crippen LogP contribution in [0.5, 0.6) is 0 Å². The molecule has 8 nitrogen and oxygen atoms in total. The largest absolute Gasteiger partial charge is 0.466 e. The van der Waals surface area contributed by atoms with Crippen LogP contribution < -0.4 is 4.72 Å². The van der Waals surface area contributed by atoms with Gasteiger partial charge in [0.05, 0.1) is 23.6 Å². The Hall–Kier alpha value is -2.24. The van der Waals surface area contributed by atoms with Gasteiger partial charge in [0.15, 0.2) is 5.13 Å². The van der Waals surface area contributed by atoms with E-state index in [4.69, 9.17) is 9.26 Å². The molecule has 0 aromatic carbocycles. The van der Waals surface area contributed by atoms with Crippen LogP contribution in [0.25, 0.3) is 10.6 Å². The van der Waals surface area contributed by atoms with Crippen LogP contribution in [0.3, 0.4) is 0 Å². The van der Waals surface area contributed by atoms with Crippen molar-refractivity contribution in [3.8, 4) is 10.6 Å². The van der Waals surface area contributed by atoms with Crippen molar-refractivity contribution < 1.29 is 22.5 Å². The molecule has 3 aromatic rings. The first-order valence-electron chi connectivity index (χ1n) is 7.11. The minimum atomic E-state index is -3.77. The smallest absolute Gasteiger partial charge is 0.311 e. The lowest BCUT2D eigenvalue weighted by Gasteiger charge is -2.02. The number of nitrogens with zero attached hydrogens (tertiary/aromatic N) is 2. The second-order valence-corrected chi connectivity index (χ2v) is 8.59. The van der Waals surface area contributed by atoms with Gasteiger partial charge in [0.25, 0.3) is 10.0 Å². The molecule has 0 fully saturated rings. The summed E-state index contributed by atoms with van der Waals surface area (Å²) in [6, 6.07) is 4.80. The van der Waals surface area contributed by atoms with E-state index in [1.807, 2.05) is 0 Å². The second-order valence-electron chi connectivity index (χ2n) is 4.73. The van der Waals surface area contributed by atoms with Crippen molar-refractivity contribution in [2.45, 2.75) is 17.6 Å². The molecule has 0 aliphatic rings. The normalized spacial score (nSPS) is 11.4. The lowest BCUT2D eigenvalue weighted by Crippen LogP contribution is -2.12. The molecule has 0 amide bonds. The van der Waals surface area contributed by atoms with E-state index < -0.39 is 16.0 Å². The Morgan fingerprint density at radius 1 is 1.36 bits per heavy atom. The minimum absolute atomic E-state index is 0.00137. The van der Waals surface area contributed by atoms with Crippen molar-refractivity contribution in [2.24, 2.45) is 0 Å². The van der Waals surface area contributed by atoms with Gasteiger partial charge in [0, 0.05) is 11.4 Å². The van der Waals surface area contributed by atoms with Gasteiger partial charge in [-0.05, 0) is 19.1 Å². The van der Waals surface area contributed by atoms with Gasteiger partial charge in [-0.2, -0.15) is 0 Å². The molecular formula is C14H13N3O5S3. The second kappa shape index (κ2) is 7.33. The Kier molecular flexibility index (Phi) is 5.16. The summed E-state index contributed by atoms with van der Waals surface area (Å²) in [6.07, 6.45) is 1.42. The van der Waals surface area contributed by atoms with Crippen LogP contribution in [-0.2, 0) is 26.0 Å². The monoisotopic (exact) mass is 399 g/mol. The molecule has 3 rings (SSSR count). The molecule has 0 spiro atoms. The lowest BCUT2D eigenvalue weighted by atomic mass is 10.3. The predicted octanol–water partition coefficient (Wildman–Crippen LogP) is 2.77. The highest BCUT2D eigenvalue weighted by Gasteiger charge is 2.20. The molecular weight excluding hydrogens is 386 g/mol. The number of ether oxygens (including phenoxy) is 1. The number of anilines is 1. The molecule has 132 valence electrons. The number of hydrogen-bond acceptors (Lipinski definition) is 9. The molecule has 0 bridgehead atoms. The van der Waals surface area contributed by atoms with Crippen LogP contribution >= 0.6 is 22.7 Å². The number of nitrogens with one attached hydrogen (secondary N) is 1. The summed E-state index contributed by atoms with van der Waals surface area (Å²) in [5.74, 6) is -0.405. The van der Waals surface area contributed by atoms with Crippen LogP contribution in [0.1, 0.15) is 12.6 Å². The number of carbonyl (C=O) groups is 1. The van der Waals surface area contributed by atoms with E-state index >= 15 is 0 Å². The quantitative estimate of drug-likeness (QED) is 0.608. The average molecular weight is 399 g/mol. The molecule has 0 aliphatic carbocycles. The van der Waals surface area contributed by atoms with E-state index in [1.54, 1.807) is 24.4 Å². The number of esters is 1. The van der Waals surface area contributed by atoms with Crippen LogP contribution in [-0.4, -0.2) is 31.1 Å². The third-order valence-electron chi connectivity index (χ3n) is 2.94. The van der Waals surface area contributed by atoms with Crippen molar-refractivity contribution in [3.63, 3.8) is 0 Å². The van der Waals surface area contributed by atoms with Crippen molar-refractivity contribution in [3.05, 3.63) is 35.5 Å². The predicted molar refractivity (Wildman–Crippen MR) is 93.1 cm³/mol. The Morgan fingerprint density at radius 2 is 2.20 bits per heavy atom. The maximum absolute atomic E-state index is 12.4. The van der Waals surface area contributed by atoms with Gasteiger partial charge in [-0.25, -0.2) is 13.4 Å². The fourth-order valence-corrected chi connectivity index (χ4v) is 5.13. The molecule has 0 aliphatic heterocycles. The number of hydrogen-bond donors (Lipinski definition) is 1. The number of thiazole rings is 1. The van der Waals surface area contributed by atoms with E-state index in [0.717, 1.165) is 22.7 Å². The first kappa shape index (κ1) is 17.6. The molecule has 0 unspecified atom stereocenters. The Balaban J connectivity index is 1.72. The number of thiophene rings is 1. The van der Waals surface area contributed by atoms with Gasteiger partial charge in [-0.3, -0.25) is 9.52 Å². The third-order valence-corrected chi connectivity index (χ3v) is 6.81. The minimum Gasteiger partial charge on any atom is -0.466 e. The van der Waals surface area contributed by atoms with Crippen molar-refractivity contribution in [2.75, 3.05) is 11.3 Å². The maximum Gasteiger partial charge on any atom is 0.311 e. The van der Waals surface area contributed by atoms with Gasteiger partial charge in [0.1, 0.15) is 16.2 Å². The Bertz CT molecular complexity index is 960. The van der Waals surface area contributed by atoms with E-state index in [1.165, 1.54) is 12.3 Å². The van der Waals surface area contributed by atoms with Crippen LogP contribution in [0, 0.1) is 0 Å². The number of sulfonamides is 1. The van der Waals surface area contributed by atoms with Gasteiger partial charge < -0.3 is 9.26 Å². The van der Waals surface area contributed by atoms with E-state index in [0.29, 0.717) is 16.3 Å². The highest BCUT2D eigenvalue weighted by atomic mass is 32.2. The summed E-state index contributed by atoms with van der Waals surface area (Å²) in [7, 11) is -3.77. The SMILES string of the molecule is CCOC(=O)Cc1csc(NS(=O)(=O)c2ccc(-c3ccon3)s2)n1. The first-order valence-corrected chi connectivity index (χ1v) is 10.3. The van der Waals surface area contributed by atoms with E-state index in [2.05, 4.69) is 14.9 Å². The molecule has 0 saturated carbocycles. The van der Waals surface area contributed by atoms with Crippen molar-refractivity contribution in [1.29, 1.82) is 0 Å². The summed E-state index contributed by atoms with van der Waals surface area (Å²) < 4.78 is 37.0. The standard InChI is InChI=1S/C14H13N3O5S3/c1-2-21-12(18)7-9-8-23-14(15-9)17-25(19,20)13-4-3-11(24-13)10-5-6-22-16-10/h3-6,8H,2,7H2,1H3,(H,15,17). The van der Waals surface area contributed by atoms with Crippen LogP contribution in [0.2, 0.25) is 0 Å². The van der Waals surface area contributed by atoms with Crippen LogP contribution in [0.15, 0.2) is 38.6 Å². The highest BCUT2D eigenvalue weighted by Crippen LogP contribution is 2.31. The zero-order valence-electron chi connectivity index (χ0n) is 13.0. The summed E-state index contributed by atoms with van der Waals surface area (Å²) in [6.45, 7) is 2.00. The number of rotatable bonds is 7. The summed E-state index contributed by atoms with van der Waals surface area (Å²) >= 11 is 2.17. The molecule has 11 heteroatoms. The van der Waals surface area contributed by atoms with Gasteiger partial charge in [-0.15, -0.1) is 22.7 Å². The van der Waals surface area contributed by atoms with Gasteiger partial charge >= 0.3 is 5.97 Å². The zero-order chi connectivity index (χ0) is 17.9.